The van der Waals surface area contributed by atoms with Crippen molar-refractivity contribution in [3.8, 4) is 6.07 Å². The van der Waals surface area contributed by atoms with E-state index in [1.54, 1.807) is 0 Å². The van der Waals surface area contributed by atoms with Crippen molar-refractivity contribution in [1.29, 1.82) is 5.26 Å². The number of amides is 1. The lowest BCUT2D eigenvalue weighted by molar-refractivity contribution is -0.148. The smallest absolute Gasteiger partial charge is 0.349 e. The largest absolute Gasteiger partial charge is 0.448 e. The summed E-state index contributed by atoms with van der Waals surface area (Å²) in [6.07, 6.45) is 0.481. The highest BCUT2D eigenvalue weighted by atomic mass is 16.5. The Hall–Kier alpha value is -3.33. The molecule has 1 N–H and O–H groups in total. The van der Waals surface area contributed by atoms with Gasteiger partial charge in [0.25, 0.3) is 5.91 Å². The molecule has 0 bridgehead atoms. The first-order valence-electron chi connectivity index (χ1n) is 10.4. The maximum absolute atomic E-state index is 12.6. The van der Waals surface area contributed by atoms with Crippen LogP contribution < -0.4 is 5.32 Å². The van der Waals surface area contributed by atoms with Crippen LogP contribution in [-0.4, -0.2) is 22.5 Å². The lowest BCUT2D eigenvalue weighted by Gasteiger charge is -2.16. The van der Waals surface area contributed by atoms with Gasteiger partial charge in [0.15, 0.2) is 6.10 Å². The molecule has 6 heteroatoms. The summed E-state index contributed by atoms with van der Waals surface area (Å²) in [7, 11) is 0. The fourth-order valence-electron chi connectivity index (χ4n) is 3.43. The number of carbonyl (C=O) groups is 2. The van der Waals surface area contributed by atoms with E-state index >= 15 is 0 Å². The maximum Gasteiger partial charge on any atom is 0.349 e. The molecule has 0 spiro atoms. The number of aryl methyl sites for hydroxylation is 3. The number of carbonyl (C=O) groups excluding carboxylic acids is 2. The third-order valence-electron chi connectivity index (χ3n) is 5.18. The molecule has 1 aromatic heterocycles. The monoisotopic (exact) mass is 421 g/mol. The van der Waals surface area contributed by atoms with E-state index in [1.165, 1.54) is 13.0 Å². The van der Waals surface area contributed by atoms with Crippen molar-refractivity contribution < 1.29 is 14.3 Å². The summed E-state index contributed by atoms with van der Waals surface area (Å²) >= 11 is 0. The fraction of sp³-hybridized carbons (Fsp3) is 0.400. The molecule has 1 aromatic carbocycles. The minimum Gasteiger partial charge on any atom is -0.448 e. The Morgan fingerprint density at radius 2 is 1.77 bits per heavy atom. The topological polar surface area (TPSA) is 84.1 Å². The standard InChI is InChI=1S/C25H31N3O3/c1-15(2)14-28-18(5)11-21(19(28)6)12-22(13-26)25(30)31-20(7)24(29)27-23-16(3)9-8-10-17(23)4/h8-12,15,20H,14H2,1-7H3,(H,27,29)/b22-12+/t20-/m0/s1. The van der Waals surface area contributed by atoms with Crippen LogP contribution in [-0.2, 0) is 20.9 Å². The molecule has 0 saturated carbocycles. The molecule has 31 heavy (non-hydrogen) atoms. The predicted molar refractivity (Wildman–Crippen MR) is 122 cm³/mol. The van der Waals surface area contributed by atoms with Gasteiger partial charge in [-0.3, -0.25) is 4.79 Å². The number of ether oxygens (including phenoxy) is 1. The quantitative estimate of drug-likeness (QED) is 0.393. The molecule has 2 aromatic rings. The molecule has 164 valence electrons. The van der Waals surface area contributed by atoms with E-state index in [-0.39, 0.29) is 5.57 Å². The van der Waals surface area contributed by atoms with Crippen LogP contribution >= 0.6 is 0 Å². The number of esters is 1. The fourth-order valence-corrected chi connectivity index (χ4v) is 3.43. The van der Waals surface area contributed by atoms with Crippen molar-refractivity contribution in [1.82, 2.24) is 4.57 Å². The molecule has 1 amide bonds. The van der Waals surface area contributed by atoms with Crippen molar-refractivity contribution in [2.45, 2.75) is 61.1 Å². The second kappa shape index (κ2) is 10.1. The summed E-state index contributed by atoms with van der Waals surface area (Å²) in [5.41, 5.74) is 5.22. The van der Waals surface area contributed by atoms with E-state index in [4.69, 9.17) is 4.74 Å². The van der Waals surface area contributed by atoms with Crippen LogP contribution in [0.25, 0.3) is 6.08 Å². The van der Waals surface area contributed by atoms with Gasteiger partial charge in [-0.25, -0.2) is 4.79 Å². The first-order valence-corrected chi connectivity index (χ1v) is 10.4. The molecule has 1 atom stereocenters. The van der Waals surface area contributed by atoms with Gasteiger partial charge < -0.3 is 14.6 Å². The van der Waals surface area contributed by atoms with Gasteiger partial charge in [0.05, 0.1) is 0 Å². The van der Waals surface area contributed by atoms with E-state index in [1.807, 2.05) is 58.0 Å². The SMILES string of the molecule is Cc1cccc(C)c1NC(=O)[C@H](C)OC(=O)/C(C#N)=C/c1cc(C)n(CC(C)C)c1C. The number of nitrogens with zero attached hydrogens (tertiary/aromatic N) is 2. The number of para-hydroxylation sites is 1. The van der Waals surface area contributed by atoms with Crippen molar-refractivity contribution in [2.75, 3.05) is 5.32 Å². The van der Waals surface area contributed by atoms with Gasteiger partial charge in [-0.05, 0) is 69.4 Å². The summed E-state index contributed by atoms with van der Waals surface area (Å²) in [5.74, 6) is -0.795. The van der Waals surface area contributed by atoms with E-state index in [0.29, 0.717) is 11.6 Å². The third kappa shape index (κ3) is 5.85. The highest BCUT2D eigenvalue weighted by molar-refractivity contribution is 6.01. The first kappa shape index (κ1) is 23.9. The van der Waals surface area contributed by atoms with Crippen molar-refractivity contribution in [3.05, 3.63) is 57.9 Å². The van der Waals surface area contributed by atoms with Gasteiger partial charge in [-0.2, -0.15) is 5.26 Å². The molecule has 2 rings (SSSR count). The zero-order valence-electron chi connectivity index (χ0n) is 19.4. The number of benzene rings is 1. The van der Waals surface area contributed by atoms with Crippen molar-refractivity contribution in [2.24, 2.45) is 5.92 Å². The van der Waals surface area contributed by atoms with E-state index in [9.17, 15) is 14.9 Å². The normalized spacial score (nSPS) is 12.4. The molecule has 0 aliphatic rings. The summed E-state index contributed by atoms with van der Waals surface area (Å²) in [6.45, 7) is 14.4. The summed E-state index contributed by atoms with van der Waals surface area (Å²) in [6, 6.07) is 9.55. The third-order valence-corrected chi connectivity index (χ3v) is 5.18. The molecule has 0 saturated heterocycles. The van der Waals surface area contributed by atoms with Crippen molar-refractivity contribution in [3.63, 3.8) is 0 Å². The average Bonchev–Trinajstić information content (AvgIpc) is 2.95. The van der Waals surface area contributed by atoms with Gasteiger partial charge >= 0.3 is 5.97 Å². The lowest BCUT2D eigenvalue weighted by Crippen LogP contribution is -2.30. The van der Waals surface area contributed by atoms with Crippen molar-refractivity contribution >= 4 is 23.6 Å². The molecule has 0 unspecified atom stereocenters. The first-order chi connectivity index (χ1) is 14.5. The number of anilines is 1. The molecule has 0 radical (unpaired) electrons. The molecule has 6 nitrogen and oxygen atoms in total. The van der Waals surface area contributed by atoms with Gasteiger partial charge in [0.1, 0.15) is 11.6 Å². The van der Waals surface area contributed by atoms with E-state index in [0.717, 1.165) is 34.6 Å². The van der Waals surface area contributed by atoms with Crippen LogP contribution in [0, 0.1) is 44.9 Å². The zero-order valence-corrected chi connectivity index (χ0v) is 19.4. The molecule has 0 aliphatic heterocycles. The van der Waals surface area contributed by atoms with Crippen LogP contribution in [0.5, 0.6) is 0 Å². The number of nitriles is 1. The summed E-state index contributed by atoms with van der Waals surface area (Å²) in [5, 5.41) is 12.3. The number of hydrogen-bond acceptors (Lipinski definition) is 4. The Balaban J connectivity index is 2.16. The van der Waals surface area contributed by atoms with E-state index < -0.39 is 18.0 Å². The van der Waals surface area contributed by atoms with Gasteiger partial charge in [0, 0.05) is 23.6 Å². The Labute approximate surface area is 184 Å². The predicted octanol–water partition coefficient (Wildman–Crippen LogP) is 4.86. The van der Waals surface area contributed by atoms with Crippen LogP contribution in [0.15, 0.2) is 29.8 Å². The van der Waals surface area contributed by atoms with Gasteiger partial charge in [-0.1, -0.05) is 32.0 Å². The minimum atomic E-state index is -1.04. The Bertz CT molecular complexity index is 1030. The average molecular weight is 422 g/mol. The number of hydrogen-bond donors (Lipinski definition) is 1. The second-order valence-corrected chi connectivity index (χ2v) is 8.30. The molecule has 0 fully saturated rings. The minimum absolute atomic E-state index is 0.142. The number of aromatic nitrogens is 1. The second-order valence-electron chi connectivity index (χ2n) is 8.30. The van der Waals surface area contributed by atoms with Crippen LogP contribution in [0.2, 0.25) is 0 Å². The number of nitrogens with one attached hydrogen (secondary N) is 1. The number of rotatable bonds is 7. The highest BCUT2D eigenvalue weighted by Crippen LogP contribution is 2.21. The molecule has 1 heterocycles. The summed E-state index contributed by atoms with van der Waals surface area (Å²) in [4.78, 5) is 25.1. The molecular weight excluding hydrogens is 390 g/mol. The summed E-state index contributed by atoms with van der Waals surface area (Å²) < 4.78 is 7.45. The highest BCUT2D eigenvalue weighted by Gasteiger charge is 2.22. The Kier molecular flexibility index (Phi) is 7.82. The molecular formula is C25H31N3O3. The van der Waals surface area contributed by atoms with E-state index in [2.05, 4.69) is 23.7 Å². The lowest BCUT2D eigenvalue weighted by atomic mass is 10.1. The zero-order chi connectivity index (χ0) is 23.3. The maximum atomic E-state index is 12.6. The van der Waals surface area contributed by atoms with Crippen LogP contribution in [0.1, 0.15) is 48.8 Å². The van der Waals surface area contributed by atoms with Gasteiger partial charge in [-0.15, -0.1) is 0 Å². The Morgan fingerprint density at radius 3 is 2.32 bits per heavy atom. The Morgan fingerprint density at radius 1 is 1.16 bits per heavy atom. The molecule has 0 aliphatic carbocycles. The van der Waals surface area contributed by atoms with Crippen LogP contribution in [0.4, 0.5) is 5.69 Å². The van der Waals surface area contributed by atoms with Gasteiger partial charge in [0.2, 0.25) is 0 Å². The van der Waals surface area contributed by atoms with Crippen LogP contribution in [0.3, 0.4) is 0 Å².